The second-order valence-electron chi connectivity index (χ2n) is 5.64. The van der Waals surface area contributed by atoms with E-state index in [1.807, 2.05) is 5.38 Å². The van der Waals surface area contributed by atoms with E-state index in [-0.39, 0.29) is 0 Å². The number of aromatic nitrogens is 1. The van der Waals surface area contributed by atoms with Crippen molar-refractivity contribution in [3.05, 3.63) is 40.9 Å². The highest BCUT2D eigenvalue weighted by molar-refractivity contribution is 7.13. The van der Waals surface area contributed by atoms with Crippen LogP contribution in [0.3, 0.4) is 0 Å². The van der Waals surface area contributed by atoms with Gasteiger partial charge in [0.25, 0.3) is 0 Å². The van der Waals surface area contributed by atoms with Crippen LogP contribution in [-0.4, -0.2) is 23.5 Å². The Kier molecular flexibility index (Phi) is 6.22. The molecule has 2 rings (SSSR count). The van der Waals surface area contributed by atoms with Crippen LogP contribution in [0.1, 0.15) is 31.5 Å². The van der Waals surface area contributed by atoms with E-state index in [1.165, 1.54) is 17.5 Å². The van der Waals surface area contributed by atoms with Gasteiger partial charge in [-0.3, -0.25) is 0 Å². The molecule has 1 atom stereocenters. The van der Waals surface area contributed by atoms with E-state index in [4.69, 9.17) is 11.6 Å². The summed E-state index contributed by atoms with van der Waals surface area (Å²) in [5.41, 5.74) is 3.52. The van der Waals surface area contributed by atoms with E-state index in [2.05, 4.69) is 55.0 Å². The molecule has 0 N–H and O–H groups in total. The first kappa shape index (κ1) is 16.5. The zero-order valence-electron chi connectivity index (χ0n) is 13.0. The van der Waals surface area contributed by atoms with Crippen LogP contribution in [0, 0.1) is 5.92 Å². The molecular formula is C17H23ClN2S. The quantitative estimate of drug-likeness (QED) is 0.665. The van der Waals surface area contributed by atoms with Crippen molar-refractivity contribution in [2.45, 2.75) is 32.7 Å². The van der Waals surface area contributed by atoms with Crippen molar-refractivity contribution in [2.75, 3.05) is 13.6 Å². The van der Waals surface area contributed by atoms with Gasteiger partial charge >= 0.3 is 0 Å². The average molecular weight is 323 g/mol. The third-order valence-corrected chi connectivity index (χ3v) is 4.90. The molecule has 1 aromatic carbocycles. The highest BCUT2D eigenvalue weighted by Crippen LogP contribution is 2.28. The SMILES string of the molecule is CCC(C)CN(C)Cc1ccccc1-c1nc(CCl)cs1. The summed E-state index contributed by atoms with van der Waals surface area (Å²) in [6.45, 7) is 6.62. The van der Waals surface area contributed by atoms with Crippen LogP contribution in [0.15, 0.2) is 29.6 Å². The predicted octanol–water partition coefficient (Wildman–Crippen LogP) is 5.03. The van der Waals surface area contributed by atoms with Crippen molar-refractivity contribution in [1.29, 1.82) is 0 Å². The van der Waals surface area contributed by atoms with Crippen LogP contribution in [0.2, 0.25) is 0 Å². The Bertz CT molecular complexity index is 567. The molecule has 2 nitrogen and oxygen atoms in total. The first-order valence-corrected chi connectivity index (χ1v) is 8.82. The maximum absolute atomic E-state index is 5.86. The van der Waals surface area contributed by atoms with Crippen LogP contribution in [0.5, 0.6) is 0 Å². The van der Waals surface area contributed by atoms with Gasteiger partial charge in [0.15, 0.2) is 0 Å². The second kappa shape index (κ2) is 7.92. The number of alkyl halides is 1. The molecule has 21 heavy (non-hydrogen) atoms. The zero-order chi connectivity index (χ0) is 15.2. The largest absolute Gasteiger partial charge is 0.302 e. The summed E-state index contributed by atoms with van der Waals surface area (Å²) in [7, 11) is 2.19. The minimum atomic E-state index is 0.479. The molecule has 0 fully saturated rings. The standard InChI is InChI=1S/C17H23ClN2S/c1-4-13(2)10-20(3)11-14-7-5-6-8-16(14)17-19-15(9-18)12-21-17/h5-8,12-13H,4,9-11H2,1-3H3. The van der Waals surface area contributed by atoms with Crippen LogP contribution in [-0.2, 0) is 12.4 Å². The van der Waals surface area contributed by atoms with Gasteiger partial charge in [-0.2, -0.15) is 0 Å². The molecule has 1 heterocycles. The van der Waals surface area contributed by atoms with E-state index in [9.17, 15) is 0 Å². The Morgan fingerprint density at radius 2 is 2.10 bits per heavy atom. The summed E-state index contributed by atoms with van der Waals surface area (Å²) < 4.78 is 0. The van der Waals surface area contributed by atoms with Gasteiger partial charge in [0.05, 0.1) is 11.6 Å². The Morgan fingerprint density at radius 3 is 2.76 bits per heavy atom. The number of halogens is 1. The maximum atomic E-state index is 5.86. The summed E-state index contributed by atoms with van der Waals surface area (Å²) in [6, 6.07) is 8.54. The van der Waals surface area contributed by atoms with Crippen molar-refractivity contribution in [3.63, 3.8) is 0 Å². The molecule has 114 valence electrons. The van der Waals surface area contributed by atoms with Crippen LogP contribution in [0.4, 0.5) is 0 Å². The lowest BCUT2D eigenvalue weighted by Crippen LogP contribution is -2.24. The Balaban J connectivity index is 2.17. The van der Waals surface area contributed by atoms with Crippen LogP contribution >= 0.6 is 22.9 Å². The number of rotatable bonds is 7. The van der Waals surface area contributed by atoms with Crippen molar-refractivity contribution in [3.8, 4) is 10.6 Å². The Labute approximate surface area is 136 Å². The third kappa shape index (κ3) is 4.53. The van der Waals surface area contributed by atoms with Gasteiger partial charge in [0, 0.05) is 24.0 Å². The minimum absolute atomic E-state index is 0.479. The molecule has 0 aliphatic heterocycles. The summed E-state index contributed by atoms with van der Waals surface area (Å²) in [6.07, 6.45) is 1.22. The van der Waals surface area contributed by atoms with Gasteiger partial charge in [-0.05, 0) is 18.5 Å². The maximum Gasteiger partial charge on any atom is 0.123 e. The molecule has 0 bridgehead atoms. The Hall–Kier alpha value is -0.900. The highest BCUT2D eigenvalue weighted by atomic mass is 35.5. The molecule has 1 aromatic heterocycles. The molecule has 0 saturated heterocycles. The number of thiazole rings is 1. The lowest BCUT2D eigenvalue weighted by atomic mass is 10.1. The average Bonchev–Trinajstić information content (AvgIpc) is 2.96. The molecule has 2 aromatic rings. The van der Waals surface area contributed by atoms with E-state index < -0.39 is 0 Å². The van der Waals surface area contributed by atoms with E-state index in [0.717, 1.165) is 29.7 Å². The van der Waals surface area contributed by atoms with Crippen molar-refractivity contribution in [2.24, 2.45) is 5.92 Å². The monoisotopic (exact) mass is 322 g/mol. The first-order chi connectivity index (χ1) is 10.1. The first-order valence-electron chi connectivity index (χ1n) is 7.41. The molecule has 0 radical (unpaired) electrons. The van der Waals surface area contributed by atoms with Crippen molar-refractivity contribution in [1.82, 2.24) is 9.88 Å². The van der Waals surface area contributed by atoms with Gasteiger partial charge in [-0.1, -0.05) is 44.5 Å². The fourth-order valence-corrected chi connectivity index (χ4v) is 3.48. The zero-order valence-corrected chi connectivity index (χ0v) is 14.5. The second-order valence-corrected chi connectivity index (χ2v) is 6.77. The fourth-order valence-electron chi connectivity index (χ4n) is 2.38. The normalized spacial score (nSPS) is 12.8. The molecule has 0 aliphatic carbocycles. The minimum Gasteiger partial charge on any atom is -0.302 e. The van der Waals surface area contributed by atoms with E-state index in [1.54, 1.807) is 11.3 Å². The predicted molar refractivity (Wildman–Crippen MR) is 92.9 cm³/mol. The summed E-state index contributed by atoms with van der Waals surface area (Å²) >= 11 is 7.53. The van der Waals surface area contributed by atoms with Crippen LogP contribution in [0.25, 0.3) is 10.6 Å². The smallest absolute Gasteiger partial charge is 0.123 e. The lowest BCUT2D eigenvalue weighted by Gasteiger charge is -2.21. The topological polar surface area (TPSA) is 16.1 Å². The molecule has 0 saturated carbocycles. The van der Waals surface area contributed by atoms with Gasteiger partial charge in [0.1, 0.15) is 5.01 Å². The molecular weight excluding hydrogens is 300 g/mol. The van der Waals surface area contributed by atoms with Gasteiger partial charge < -0.3 is 4.90 Å². The fraction of sp³-hybridized carbons (Fsp3) is 0.471. The summed E-state index contributed by atoms with van der Waals surface area (Å²) in [5, 5.41) is 3.11. The van der Waals surface area contributed by atoms with Crippen molar-refractivity contribution < 1.29 is 0 Å². The van der Waals surface area contributed by atoms with Gasteiger partial charge in [-0.15, -0.1) is 22.9 Å². The van der Waals surface area contributed by atoms with Crippen LogP contribution < -0.4 is 0 Å². The van der Waals surface area contributed by atoms with Crippen molar-refractivity contribution >= 4 is 22.9 Å². The third-order valence-electron chi connectivity index (χ3n) is 3.70. The molecule has 0 amide bonds. The summed E-state index contributed by atoms with van der Waals surface area (Å²) in [5.74, 6) is 1.21. The van der Waals surface area contributed by atoms with Gasteiger partial charge in [-0.25, -0.2) is 4.98 Å². The molecule has 4 heteroatoms. The van der Waals surface area contributed by atoms with E-state index in [0.29, 0.717) is 5.88 Å². The number of nitrogens with zero attached hydrogens (tertiary/aromatic N) is 2. The summed E-state index contributed by atoms with van der Waals surface area (Å²) in [4.78, 5) is 7.00. The van der Waals surface area contributed by atoms with E-state index >= 15 is 0 Å². The number of hydrogen-bond acceptors (Lipinski definition) is 3. The molecule has 1 unspecified atom stereocenters. The highest BCUT2D eigenvalue weighted by Gasteiger charge is 2.12. The number of hydrogen-bond donors (Lipinski definition) is 0. The number of benzene rings is 1. The van der Waals surface area contributed by atoms with Gasteiger partial charge in [0.2, 0.25) is 0 Å². The Morgan fingerprint density at radius 1 is 1.33 bits per heavy atom. The molecule has 0 aliphatic rings. The lowest BCUT2D eigenvalue weighted by molar-refractivity contribution is 0.275. The molecule has 0 spiro atoms.